The predicted octanol–water partition coefficient (Wildman–Crippen LogP) is 6.78. The van der Waals surface area contributed by atoms with Gasteiger partial charge in [0.2, 0.25) is 0 Å². The average Bonchev–Trinajstić information content (AvgIpc) is 2.46. The zero-order chi connectivity index (χ0) is 17.4. The standard InChI is InChI=1S/C22H28OS/c1-13-9-15(3)21(16(4)10-13)19-7-8-20(24-23-19)22-17(5)11-14(2)12-18(22)6/h9-12,19-20H,7-8H2,1-6H3. The normalized spacial score (nSPS) is 21.1. The average molecular weight is 341 g/mol. The second-order valence-electron chi connectivity index (χ2n) is 7.37. The van der Waals surface area contributed by atoms with Crippen molar-refractivity contribution in [2.45, 2.75) is 65.7 Å². The number of rotatable bonds is 2. The topological polar surface area (TPSA) is 9.23 Å². The van der Waals surface area contributed by atoms with E-state index < -0.39 is 0 Å². The summed E-state index contributed by atoms with van der Waals surface area (Å²) in [7, 11) is 0. The SMILES string of the molecule is Cc1cc(C)c(C2CCC(c3c(C)cc(C)cc3C)SO2)c(C)c1. The Balaban J connectivity index is 1.80. The fourth-order valence-corrected chi connectivity index (χ4v) is 5.48. The zero-order valence-electron chi connectivity index (χ0n) is 15.7. The van der Waals surface area contributed by atoms with Crippen LogP contribution in [-0.2, 0) is 4.18 Å². The monoisotopic (exact) mass is 340 g/mol. The highest BCUT2D eigenvalue weighted by Crippen LogP contribution is 2.48. The van der Waals surface area contributed by atoms with Crippen LogP contribution in [-0.4, -0.2) is 0 Å². The molecule has 0 spiro atoms. The molecule has 0 amide bonds. The third-order valence-electron chi connectivity index (χ3n) is 5.10. The molecule has 2 heteroatoms. The summed E-state index contributed by atoms with van der Waals surface area (Å²) in [5, 5.41) is 0.452. The highest BCUT2D eigenvalue weighted by molar-refractivity contribution is 7.95. The zero-order valence-corrected chi connectivity index (χ0v) is 16.5. The van der Waals surface area contributed by atoms with Crippen molar-refractivity contribution in [1.29, 1.82) is 0 Å². The maximum absolute atomic E-state index is 6.29. The molecule has 0 saturated carbocycles. The van der Waals surface area contributed by atoms with E-state index in [0.717, 1.165) is 6.42 Å². The van der Waals surface area contributed by atoms with Crippen molar-refractivity contribution in [3.63, 3.8) is 0 Å². The molecule has 0 N–H and O–H groups in total. The largest absolute Gasteiger partial charge is 0.307 e. The highest BCUT2D eigenvalue weighted by atomic mass is 32.2. The van der Waals surface area contributed by atoms with Crippen molar-refractivity contribution in [2.75, 3.05) is 0 Å². The maximum Gasteiger partial charge on any atom is 0.0978 e. The Hall–Kier alpha value is -1.25. The molecular weight excluding hydrogens is 312 g/mol. The van der Waals surface area contributed by atoms with Crippen molar-refractivity contribution in [3.8, 4) is 0 Å². The molecule has 1 saturated heterocycles. The van der Waals surface area contributed by atoms with Crippen LogP contribution in [0.1, 0.15) is 68.7 Å². The minimum Gasteiger partial charge on any atom is -0.307 e. The van der Waals surface area contributed by atoms with Gasteiger partial charge in [0.05, 0.1) is 11.4 Å². The Morgan fingerprint density at radius 2 is 1.17 bits per heavy atom. The lowest BCUT2D eigenvalue weighted by Crippen LogP contribution is -2.14. The summed E-state index contributed by atoms with van der Waals surface area (Å²) in [4.78, 5) is 0. The summed E-state index contributed by atoms with van der Waals surface area (Å²) >= 11 is 1.68. The Morgan fingerprint density at radius 1 is 0.708 bits per heavy atom. The summed E-state index contributed by atoms with van der Waals surface area (Å²) < 4.78 is 6.29. The molecule has 128 valence electrons. The van der Waals surface area contributed by atoms with Crippen LogP contribution in [0.25, 0.3) is 0 Å². The summed E-state index contributed by atoms with van der Waals surface area (Å²) in [5.74, 6) is 0. The van der Waals surface area contributed by atoms with E-state index in [4.69, 9.17) is 4.18 Å². The Labute approximate surface area is 151 Å². The third-order valence-corrected chi connectivity index (χ3v) is 6.15. The van der Waals surface area contributed by atoms with Crippen molar-refractivity contribution < 1.29 is 4.18 Å². The molecule has 1 fully saturated rings. The van der Waals surface area contributed by atoms with Gasteiger partial charge in [0.15, 0.2) is 0 Å². The first-order valence-corrected chi connectivity index (χ1v) is 9.65. The molecule has 1 nitrogen and oxygen atoms in total. The molecule has 1 aliphatic rings. The van der Waals surface area contributed by atoms with E-state index in [2.05, 4.69) is 65.8 Å². The second-order valence-corrected chi connectivity index (χ2v) is 8.33. The van der Waals surface area contributed by atoms with Crippen molar-refractivity contribution in [2.24, 2.45) is 0 Å². The van der Waals surface area contributed by atoms with Gasteiger partial charge in [-0.3, -0.25) is 0 Å². The van der Waals surface area contributed by atoms with Crippen LogP contribution in [0.5, 0.6) is 0 Å². The fraction of sp³-hybridized carbons (Fsp3) is 0.455. The lowest BCUT2D eigenvalue weighted by Gasteiger charge is -2.31. The molecule has 2 atom stereocenters. The Morgan fingerprint density at radius 3 is 1.58 bits per heavy atom. The molecule has 1 heterocycles. The van der Waals surface area contributed by atoms with Crippen LogP contribution in [0, 0.1) is 41.5 Å². The lowest BCUT2D eigenvalue weighted by atomic mass is 9.90. The van der Waals surface area contributed by atoms with Gasteiger partial charge in [-0.1, -0.05) is 35.4 Å². The summed E-state index contributed by atoms with van der Waals surface area (Å²) in [6, 6.07) is 9.14. The molecule has 2 aromatic rings. The van der Waals surface area contributed by atoms with E-state index in [0.29, 0.717) is 5.25 Å². The van der Waals surface area contributed by atoms with Gasteiger partial charge in [-0.25, -0.2) is 0 Å². The smallest absolute Gasteiger partial charge is 0.0978 e. The van der Waals surface area contributed by atoms with Gasteiger partial charge in [0, 0.05) is 0 Å². The van der Waals surface area contributed by atoms with Gasteiger partial charge in [0.1, 0.15) is 0 Å². The molecule has 2 unspecified atom stereocenters. The minimum absolute atomic E-state index is 0.220. The molecule has 24 heavy (non-hydrogen) atoms. The van der Waals surface area contributed by atoms with Gasteiger partial charge in [-0.2, -0.15) is 0 Å². The van der Waals surface area contributed by atoms with Gasteiger partial charge in [0.25, 0.3) is 0 Å². The maximum atomic E-state index is 6.29. The lowest BCUT2D eigenvalue weighted by molar-refractivity contribution is 0.208. The van der Waals surface area contributed by atoms with E-state index in [1.807, 2.05) is 0 Å². The van der Waals surface area contributed by atoms with E-state index in [1.54, 1.807) is 12.0 Å². The first-order chi connectivity index (χ1) is 11.4. The number of benzene rings is 2. The number of aryl methyl sites for hydroxylation is 6. The van der Waals surface area contributed by atoms with Gasteiger partial charge < -0.3 is 4.18 Å². The highest BCUT2D eigenvalue weighted by Gasteiger charge is 2.29. The van der Waals surface area contributed by atoms with E-state index in [1.165, 1.54) is 50.9 Å². The predicted molar refractivity (Wildman–Crippen MR) is 105 cm³/mol. The molecule has 1 aliphatic heterocycles. The first kappa shape index (κ1) is 17.6. The molecular formula is C22H28OS. The summed E-state index contributed by atoms with van der Waals surface area (Å²) in [6.45, 7) is 13.2. The molecule has 0 aliphatic carbocycles. The van der Waals surface area contributed by atoms with Crippen LogP contribution >= 0.6 is 12.0 Å². The van der Waals surface area contributed by atoms with Gasteiger partial charge in [-0.05, 0) is 99.8 Å². The van der Waals surface area contributed by atoms with Crippen LogP contribution < -0.4 is 0 Å². The van der Waals surface area contributed by atoms with E-state index in [9.17, 15) is 0 Å². The van der Waals surface area contributed by atoms with Crippen molar-refractivity contribution in [3.05, 3.63) is 68.8 Å². The summed E-state index contributed by atoms with van der Waals surface area (Å²) in [5.41, 5.74) is 11.1. The van der Waals surface area contributed by atoms with Crippen LogP contribution in [0.15, 0.2) is 24.3 Å². The first-order valence-electron chi connectivity index (χ1n) is 8.84. The minimum atomic E-state index is 0.220. The van der Waals surface area contributed by atoms with Gasteiger partial charge in [-0.15, -0.1) is 0 Å². The second kappa shape index (κ2) is 6.93. The van der Waals surface area contributed by atoms with Crippen LogP contribution in [0.3, 0.4) is 0 Å². The number of hydrogen-bond acceptors (Lipinski definition) is 2. The Kier molecular flexibility index (Phi) is 5.08. The summed E-state index contributed by atoms with van der Waals surface area (Å²) in [6.07, 6.45) is 2.49. The molecule has 0 bridgehead atoms. The van der Waals surface area contributed by atoms with Crippen molar-refractivity contribution in [1.82, 2.24) is 0 Å². The molecule has 0 aromatic heterocycles. The van der Waals surface area contributed by atoms with Crippen molar-refractivity contribution >= 4 is 12.0 Å². The van der Waals surface area contributed by atoms with Crippen LogP contribution in [0.4, 0.5) is 0 Å². The number of hydrogen-bond donors (Lipinski definition) is 0. The molecule has 3 rings (SSSR count). The van der Waals surface area contributed by atoms with Gasteiger partial charge >= 0.3 is 0 Å². The Bertz CT molecular complexity index is 643. The fourth-order valence-electron chi connectivity index (χ4n) is 4.32. The molecule has 0 radical (unpaired) electrons. The van der Waals surface area contributed by atoms with E-state index >= 15 is 0 Å². The molecule has 2 aromatic carbocycles. The van der Waals surface area contributed by atoms with E-state index in [-0.39, 0.29) is 6.10 Å². The quantitative estimate of drug-likeness (QED) is 0.557. The third kappa shape index (κ3) is 3.41. The van der Waals surface area contributed by atoms with Crippen LogP contribution in [0.2, 0.25) is 0 Å².